The van der Waals surface area contributed by atoms with Gasteiger partial charge in [-0.2, -0.15) is 0 Å². The summed E-state index contributed by atoms with van der Waals surface area (Å²) in [6, 6.07) is 0.694. The van der Waals surface area contributed by atoms with Crippen molar-refractivity contribution in [1.82, 2.24) is 15.1 Å². The monoisotopic (exact) mass is 280 g/mol. The molecule has 1 atom stereocenters. The predicted octanol–water partition coefficient (Wildman–Crippen LogP) is 2.42. The van der Waals surface area contributed by atoms with Crippen LogP contribution in [0, 0.1) is 13.8 Å². The SMILES string of the molecule is Cc1c(Cl)nnc(N2CCC(N3CCCC3)C2)c1C. The Morgan fingerprint density at radius 2 is 1.79 bits per heavy atom. The summed E-state index contributed by atoms with van der Waals surface area (Å²) in [7, 11) is 0. The molecule has 0 aromatic carbocycles. The maximum absolute atomic E-state index is 6.02. The third kappa shape index (κ3) is 2.43. The van der Waals surface area contributed by atoms with Crippen molar-refractivity contribution < 1.29 is 0 Å². The van der Waals surface area contributed by atoms with E-state index in [9.17, 15) is 0 Å². The summed E-state index contributed by atoms with van der Waals surface area (Å²) in [5, 5.41) is 8.90. The third-order valence-electron chi connectivity index (χ3n) is 4.56. The van der Waals surface area contributed by atoms with E-state index in [-0.39, 0.29) is 0 Å². The molecule has 0 aliphatic carbocycles. The number of likely N-dealkylation sites (tertiary alicyclic amines) is 1. The molecule has 2 aliphatic heterocycles. The zero-order valence-corrected chi connectivity index (χ0v) is 12.4. The van der Waals surface area contributed by atoms with E-state index in [1.54, 1.807) is 0 Å². The van der Waals surface area contributed by atoms with E-state index in [0.717, 1.165) is 24.5 Å². The Balaban J connectivity index is 1.75. The van der Waals surface area contributed by atoms with Crippen molar-refractivity contribution in [2.45, 2.75) is 39.2 Å². The van der Waals surface area contributed by atoms with Gasteiger partial charge in [-0.3, -0.25) is 4.90 Å². The molecular formula is C14H21ClN4. The van der Waals surface area contributed by atoms with Gasteiger partial charge in [-0.25, -0.2) is 0 Å². The van der Waals surface area contributed by atoms with Gasteiger partial charge in [0, 0.05) is 19.1 Å². The summed E-state index contributed by atoms with van der Waals surface area (Å²) in [5.74, 6) is 1.02. The number of anilines is 1. The van der Waals surface area contributed by atoms with Crippen LogP contribution in [0.4, 0.5) is 5.82 Å². The van der Waals surface area contributed by atoms with E-state index in [0.29, 0.717) is 11.2 Å². The average molecular weight is 281 g/mol. The lowest BCUT2D eigenvalue weighted by molar-refractivity contribution is 0.260. The summed E-state index contributed by atoms with van der Waals surface area (Å²) < 4.78 is 0. The quantitative estimate of drug-likeness (QED) is 0.833. The normalized spacial score (nSPS) is 24.4. The maximum atomic E-state index is 6.02. The van der Waals surface area contributed by atoms with Crippen molar-refractivity contribution in [2.24, 2.45) is 0 Å². The Morgan fingerprint density at radius 3 is 2.53 bits per heavy atom. The van der Waals surface area contributed by atoms with Crippen LogP contribution >= 0.6 is 11.6 Å². The van der Waals surface area contributed by atoms with Crippen molar-refractivity contribution in [2.75, 3.05) is 31.1 Å². The van der Waals surface area contributed by atoms with Crippen LogP contribution in [0.1, 0.15) is 30.4 Å². The highest BCUT2D eigenvalue weighted by Gasteiger charge is 2.30. The number of aromatic nitrogens is 2. The number of hydrogen-bond acceptors (Lipinski definition) is 4. The van der Waals surface area contributed by atoms with Gasteiger partial charge in [0.1, 0.15) is 0 Å². The van der Waals surface area contributed by atoms with E-state index in [4.69, 9.17) is 11.6 Å². The minimum absolute atomic E-state index is 0.525. The summed E-state index contributed by atoms with van der Waals surface area (Å²) in [6.45, 7) is 8.80. The first kappa shape index (κ1) is 13.1. The van der Waals surface area contributed by atoms with Crippen LogP contribution in [0.25, 0.3) is 0 Å². The molecule has 19 heavy (non-hydrogen) atoms. The smallest absolute Gasteiger partial charge is 0.155 e. The Bertz CT molecular complexity index is 471. The molecule has 0 amide bonds. The standard InChI is InChI=1S/C14H21ClN4/c1-10-11(2)14(17-16-13(10)15)19-8-5-12(9-19)18-6-3-4-7-18/h12H,3-9H2,1-2H3. The van der Waals surface area contributed by atoms with Crippen LogP contribution in [0.5, 0.6) is 0 Å². The Labute approximate surface area is 119 Å². The number of nitrogens with zero attached hydrogens (tertiary/aromatic N) is 4. The fourth-order valence-corrected chi connectivity index (χ4v) is 3.38. The van der Waals surface area contributed by atoms with E-state index in [2.05, 4.69) is 26.9 Å². The van der Waals surface area contributed by atoms with E-state index in [1.807, 2.05) is 6.92 Å². The summed E-state index contributed by atoms with van der Waals surface area (Å²) in [4.78, 5) is 5.00. The molecule has 2 fully saturated rings. The van der Waals surface area contributed by atoms with Crippen molar-refractivity contribution in [3.8, 4) is 0 Å². The highest BCUT2D eigenvalue weighted by Crippen LogP contribution is 2.28. The predicted molar refractivity (Wildman–Crippen MR) is 77.9 cm³/mol. The number of halogens is 1. The molecule has 1 aromatic rings. The molecule has 0 N–H and O–H groups in total. The zero-order valence-electron chi connectivity index (χ0n) is 11.7. The summed E-state index contributed by atoms with van der Waals surface area (Å²) in [6.07, 6.45) is 3.95. The maximum Gasteiger partial charge on any atom is 0.155 e. The lowest BCUT2D eigenvalue weighted by Gasteiger charge is -2.24. The Morgan fingerprint density at radius 1 is 1.05 bits per heavy atom. The molecule has 2 aliphatic rings. The third-order valence-corrected chi connectivity index (χ3v) is 4.92. The first-order chi connectivity index (χ1) is 9.16. The molecule has 0 bridgehead atoms. The largest absolute Gasteiger partial charge is 0.353 e. The molecule has 3 rings (SSSR count). The zero-order chi connectivity index (χ0) is 13.4. The van der Waals surface area contributed by atoms with Crippen LogP contribution in [0.3, 0.4) is 0 Å². The molecule has 0 saturated carbocycles. The van der Waals surface area contributed by atoms with Gasteiger partial charge in [-0.15, -0.1) is 10.2 Å². The second-order valence-electron chi connectivity index (χ2n) is 5.70. The molecule has 1 unspecified atom stereocenters. The van der Waals surface area contributed by atoms with Crippen LogP contribution in [0.15, 0.2) is 0 Å². The molecule has 3 heterocycles. The topological polar surface area (TPSA) is 32.3 Å². The lowest BCUT2D eigenvalue weighted by Crippen LogP contribution is -2.35. The van der Waals surface area contributed by atoms with E-state index < -0.39 is 0 Å². The Kier molecular flexibility index (Phi) is 3.63. The highest BCUT2D eigenvalue weighted by atomic mass is 35.5. The second kappa shape index (κ2) is 5.25. The van der Waals surface area contributed by atoms with Gasteiger partial charge in [0.15, 0.2) is 11.0 Å². The fourth-order valence-electron chi connectivity index (χ4n) is 3.20. The van der Waals surface area contributed by atoms with Gasteiger partial charge in [0.2, 0.25) is 0 Å². The minimum Gasteiger partial charge on any atom is -0.353 e. The average Bonchev–Trinajstić information content (AvgIpc) is 3.06. The lowest BCUT2D eigenvalue weighted by atomic mass is 10.2. The van der Waals surface area contributed by atoms with Crippen molar-refractivity contribution in [3.63, 3.8) is 0 Å². The second-order valence-corrected chi connectivity index (χ2v) is 6.05. The van der Waals surface area contributed by atoms with E-state index >= 15 is 0 Å². The van der Waals surface area contributed by atoms with Gasteiger partial charge in [0.25, 0.3) is 0 Å². The molecule has 104 valence electrons. The molecule has 0 radical (unpaired) electrons. The molecule has 1 aromatic heterocycles. The van der Waals surface area contributed by atoms with Crippen molar-refractivity contribution >= 4 is 17.4 Å². The summed E-state index contributed by atoms with van der Waals surface area (Å²) in [5.41, 5.74) is 2.22. The number of rotatable bonds is 2. The van der Waals surface area contributed by atoms with Crippen LogP contribution in [0.2, 0.25) is 5.15 Å². The van der Waals surface area contributed by atoms with Crippen LogP contribution in [-0.4, -0.2) is 47.3 Å². The molecule has 2 saturated heterocycles. The Hall–Kier alpha value is -0.870. The van der Waals surface area contributed by atoms with Gasteiger partial charge in [-0.05, 0) is 57.3 Å². The van der Waals surface area contributed by atoms with Crippen molar-refractivity contribution in [1.29, 1.82) is 0 Å². The van der Waals surface area contributed by atoms with Gasteiger partial charge in [0.05, 0.1) is 0 Å². The fraction of sp³-hybridized carbons (Fsp3) is 0.714. The van der Waals surface area contributed by atoms with E-state index in [1.165, 1.54) is 37.9 Å². The first-order valence-electron chi connectivity index (χ1n) is 7.15. The molecular weight excluding hydrogens is 260 g/mol. The minimum atomic E-state index is 0.525. The van der Waals surface area contributed by atoms with Crippen LogP contribution in [-0.2, 0) is 0 Å². The van der Waals surface area contributed by atoms with Gasteiger partial charge < -0.3 is 4.90 Å². The number of hydrogen-bond donors (Lipinski definition) is 0. The summed E-state index contributed by atoms with van der Waals surface area (Å²) >= 11 is 6.02. The molecule has 5 heteroatoms. The highest BCUT2D eigenvalue weighted by molar-refractivity contribution is 6.30. The van der Waals surface area contributed by atoms with Gasteiger partial charge >= 0.3 is 0 Å². The van der Waals surface area contributed by atoms with Crippen molar-refractivity contribution in [3.05, 3.63) is 16.3 Å². The molecule has 0 spiro atoms. The molecule has 4 nitrogen and oxygen atoms in total. The van der Waals surface area contributed by atoms with Gasteiger partial charge in [-0.1, -0.05) is 11.6 Å². The van der Waals surface area contributed by atoms with Crippen LogP contribution < -0.4 is 4.90 Å². The first-order valence-corrected chi connectivity index (χ1v) is 7.53.